The predicted molar refractivity (Wildman–Crippen MR) is 92.9 cm³/mol. The van der Waals surface area contributed by atoms with E-state index in [1.165, 1.54) is 31.2 Å². The van der Waals surface area contributed by atoms with Crippen molar-refractivity contribution < 1.29 is 27.1 Å². The Labute approximate surface area is 154 Å². The van der Waals surface area contributed by atoms with Crippen LogP contribution in [0.2, 0.25) is 5.02 Å². The molecule has 7 nitrogen and oxygen atoms in total. The highest BCUT2D eigenvalue weighted by Crippen LogP contribution is 2.19. The van der Waals surface area contributed by atoms with Gasteiger partial charge in [0.2, 0.25) is 10.0 Å². The van der Waals surface area contributed by atoms with Crippen molar-refractivity contribution >= 4 is 39.2 Å². The molecular formula is C16H14ClFN2O5S. The summed E-state index contributed by atoms with van der Waals surface area (Å²) in [5.74, 6) is -2.22. The molecule has 0 bridgehead atoms. The lowest BCUT2D eigenvalue weighted by Gasteiger charge is -2.09. The zero-order chi connectivity index (χ0) is 19.5. The third-order valence-electron chi connectivity index (χ3n) is 3.27. The third-order valence-corrected chi connectivity index (χ3v) is 4.61. The molecule has 0 saturated heterocycles. The number of esters is 1. The van der Waals surface area contributed by atoms with E-state index in [9.17, 15) is 22.4 Å². The standard InChI is InChI=1S/C16H14ClFN2O5S/c1-9-2-3-10(6-14(9)26(19,23)24)16(22)25-8-15(21)20-11-4-5-13(18)12(17)7-11/h2-7H,8H2,1H3,(H,20,21)(H2,19,23,24). The summed E-state index contributed by atoms with van der Waals surface area (Å²) in [5, 5.41) is 7.28. The fourth-order valence-corrected chi connectivity index (χ4v) is 3.01. The van der Waals surface area contributed by atoms with Gasteiger partial charge in [0.05, 0.1) is 15.5 Å². The van der Waals surface area contributed by atoms with Gasteiger partial charge in [0, 0.05) is 5.69 Å². The second-order valence-corrected chi connectivity index (χ2v) is 7.22. The van der Waals surface area contributed by atoms with E-state index in [0.717, 1.165) is 12.1 Å². The number of nitrogens with two attached hydrogens (primary N) is 1. The Morgan fingerprint density at radius 1 is 1.23 bits per heavy atom. The first-order valence-corrected chi connectivity index (χ1v) is 9.06. The number of nitrogens with one attached hydrogen (secondary N) is 1. The van der Waals surface area contributed by atoms with Crippen molar-refractivity contribution in [1.82, 2.24) is 0 Å². The van der Waals surface area contributed by atoms with Crippen LogP contribution in [-0.4, -0.2) is 26.9 Å². The smallest absolute Gasteiger partial charge is 0.338 e. The first-order chi connectivity index (χ1) is 12.1. The van der Waals surface area contributed by atoms with Crippen molar-refractivity contribution in [1.29, 1.82) is 0 Å². The number of carbonyl (C=O) groups excluding carboxylic acids is 2. The Kier molecular flexibility index (Phi) is 5.96. The lowest BCUT2D eigenvalue weighted by atomic mass is 10.1. The number of ether oxygens (including phenoxy) is 1. The maximum Gasteiger partial charge on any atom is 0.338 e. The molecule has 0 fully saturated rings. The number of benzene rings is 2. The molecule has 138 valence electrons. The third kappa shape index (κ3) is 5.01. The van der Waals surface area contributed by atoms with Crippen LogP contribution in [0.15, 0.2) is 41.3 Å². The van der Waals surface area contributed by atoms with E-state index in [4.69, 9.17) is 21.5 Å². The monoisotopic (exact) mass is 400 g/mol. The minimum absolute atomic E-state index is 0.0720. The van der Waals surface area contributed by atoms with Gasteiger partial charge < -0.3 is 10.1 Å². The molecule has 0 aliphatic carbocycles. The van der Waals surface area contributed by atoms with E-state index in [1.807, 2.05) is 0 Å². The number of amides is 1. The van der Waals surface area contributed by atoms with Gasteiger partial charge in [0.25, 0.3) is 5.91 Å². The summed E-state index contributed by atoms with van der Waals surface area (Å²) < 4.78 is 40.8. The van der Waals surface area contributed by atoms with E-state index in [-0.39, 0.29) is 21.2 Å². The van der Waals surface area contributed by atoms with Gasteiger partial charge in [-0.3, -0.25) is 4.79 Å². The van der Waals surface area contributed by atoms with Crippen molar-refractivity contribution in [3.05, 3.63) is 58.4 Å². The maximum atomic E-state index is 13.1. The minimum atomic E-state index is -4.00. The van der Waals surface area contributed by atoms with Crippen molar-refractivity contribution in [2.75, 3.05) is 11.9 Å². The van der Waals surface area contributed by atoms with E-state index in [0.29, 0.717) is 5.56 Å². The largest absolute Gasteiger partial charge is 0.452 e. The highest BCUT2D eigenvalue weighted by Gasteiger charge is 2.17. The number of rotatable bonds is 5. The fraction of sp³-hybridized carbons (Fsp3) is 0.125. The summed E-state index contributed by atoms with van der Waals surface area (Å²) in [5.41, 5.74) is 0.525. The molecule has 0 unspecified atom stereocenters. The molecule has 0 saturated carbocycles. The van der Waals surface area contributed by atoms with Crippen molar-refractivity contribution in [2.45, 2.75) is 11.8 Å². The maximum absolute atomic E-state index is 13.1. The lowest BCUT2D eigenvalue weighted by molar-refractivity contribution is -0.119. The van der Waals surface area contributed by atoms with Crippen LogP contribution in [0.1, 0.15) is 15.9 Å². The van der Waals surface area contributed by atoms with Gasteiger partial charge in [0.1, 0.15) is 5.82 Å². The number of sulfonamides is 1. The zero-order valence-electron chi connectivity index (χ0n) is 13.5. The molecule has 10 heteroatoms. The lowest BCUT2D eigenvalue weighted by Crippen LogP contribution is -2.21. The molecule has 0 aliphatic heterocycles. The molecule has 0 radical (unpaired) electrons. The Bertz CT molecular complexity index is 979. The molecule has 1 amide bonds. The summed E-state index contributed by atoms with van der Waals surface area (Å²) in [4.78, 5) is 23.6. The van der Waals surface area contributed by atoms with E-state index >= 15 is 0 Å². The zero-order valence-corrected chi connectivity index (χ0v) is 15.0. The highest BCUT2D eigenvalue weighted by molar-refractivity contribution is 7.89. The first kappa shape index (κ1) is 19.8. The molecular weight excluding hydrogens is 387 g/mol. The Balaban J connectivity index is 2.02. The van der Waals surface area contributed by atoms with Crippen LogP contribution in [0.25, 0.3) is 0 Å². The molecule has 0 heterocycles. The van der Waals surface area contributed by atoms with Crippen molar-refractivity contribution in [3.63, 3.8) is 0 Å². The first-order valence-electron chi connectivity index (χ1n) is 7.13. The number of hydrogen-bond acceptors (Lipinski definition) is 5. The van der Waals surface area contributed by atoms with Gasteiger partial charge in [-0.05, 0) is 42.8 Å². The molecule has 3 N–H and O–H groups in total. The van der Waals surface area contributed by atoms with E-state index < -0.39 is 34.3 Å². The Morgan fingerprint density at radius 2 is 1.92 bits per heavy atom. The van der Waals surface area contributed by atoms with Crippen molar-refractivity contribution in [2.24, 2.45) is 5.14 Å². The van der Waals surface area contributed by atoms with Crippen LogP contribution >= 0.6 is 11.6 Å². The SMILES string of the molecule is Cc1ccc(C(=O)OCC(=O)Nc2ccc(F)c(Cl)c2)cc1S(N)(=O)=O. The highest BCUT2D eigenvalue weighted by atomic mass is 35.5. The van der Waals surface area contributed by atoms with Gasteiger partial charge in [0.15, 0.2) is 6.61 Å². The van der Waals surface area contributed by atoms with Crippen LogP contribution in [0.5, 0.6) is 0 Å². The second kappa shape index (κ2) is 7.81. The van der Waals surface area contributed by atoms with Crippen LogP contribution in [0, 0.1) is 12.7 Å². The van der Waals surface area contributed by atoms with E-state index in [1.54, 1.807) is 0 Å². The average molecular weight is 401 g/mol. The van der Waals surface area contributed by atoms with E-state index in [2.05, 4.69) is 5.32 Å². The molecule has 2 rings (SSSR count). The topological polar surface area (TPSA) is 116 Å². The summed E-state index contributed by atoms with van der Waals surface area (Å²) in [7, 11) is -4.00. The number of anilines is 1. The molecule has 0 spiro atoms. The summed E-state index contributed by atoms with van der Waals surface area (Å²) in [6.45, 7) is 0.891. The Morgan fingerprint density at radius 3 is 2.54 bits per heavy atom. The van der Waals surface area contributed by atoms with Crippen molar-refractivity contribution in [3.8, 4) is 0 Å². The van der Waals surface area contributed by atoms with Crippen LogP contribution in [0.3, 0.4) is 0 Å². The molecule has 0 aliphatic rings. The van der Waals surface area contributed by atoms with Gasteiger partial charge in [-0.25, -0.2) is 22.7 Å². The molecule has 2 aromatic carbocycles. The van der Waals surface area contributed by atoms with Crippen LogP contribution in [0.4, 0.5) is 10.1 Å². The average Bonchev–Trinajstić information content (AvgIpc) is 2.55. The Hall–Kier alpha value is -2.49. The normalized spacial score (nSPS) is 11.1. The fourth-order valence-electron chi connectivity index (χ4n) is 2.02. The van der Waals surface area contributed by atoms with Crippen LogP contribution in [-0.2, 0) is 19.6 Å². The number of hydrogen-bond donors (Lipinski definition) is 2. The quantitative estimate of drug-likeness (QED) is 0.746. The minimum Gasteiger partial charge on any atom is -0.452 e. The molecule has 2 aromatic rings. The molecule has 26 heavy (non-hydrogen) atoms. The molecule has 0 aromatic heterocycles. The summed E-state index contributed by atoms with van der Waals surface area (Å²) >= 11 is 5.60. The van der Waals surface area contributed by atoms with Gasteiger partial charge in [-0.1, -0.05) is 17.7 Å². The van der Waals surface area contributed by atoms with Gasteiger partial charge >= 0.3 is 5.97 Å². The van der Waals surface area contributed by atoms with Gasteiger partial charge in [-0.15, -0.1) is 0 Å². The number of aryl methyl sites for hydroxylation is 1. The van der Waals surface area contributed by atoms with Crippen LogP contribution < -0.4 is 10.5 Å². The summed E-state index contributed by atoms with van der Waals surface area (Å²) in [6, 6.07) is 7.39. The molecule has 0 atom stereocenters. The van der Waals surface area contributed by atoms with Gasteiger partial charge in [-0.2, -0.15) is 0 Å². The predicted octanol–water partition coefficient (Wildman–Crippen LogP) is 2.23. The summed E-state index contributed by atoms with van der Waals surface area (Å²) in [6.07, 6.45) is 0. The number of halogens is 2. The second-order valence-electron chi connectivity index (χ2n) is 5.28. The number of carbonyl (C=O) groups is 2. The number of primary sulfonamides is 1.